The molecule has 0 aliphatic carbocycles. The summed E-state index contributed by atoms with van der Waals surface area (Å²) in [5, 5.41) is 13.4. The minimum absolute atomic E-state index is 0.140. The van der Waals surface area contributed by atoms with E-state index >= 15 is 0 Å². The topological polar surface area (TPSA) is 35.5 Å². The molecule has 0 aromatic rings. The van der Waals surface area contributed by atoms with Crippen LogP contribution in [0, 0.1) is 11.8 Å². The first kappa shape index (κ1) is 14.9. The summed E-state index contributed by atoms with van der Waals surface area (Å²) < 4.78 is 0. The molecule has 0 bridgehead atoms. The van der Waals surface area contributed by atoms with Gasteiger partial charge in [0.25, 0.3) is 0 Å². The Morgan fingerprint density at radius 2 is 2.06 bits per heavy atom. The first-order valence-electron chi connectivity index (χ1n) is 7.14. The van der Waals surface area contributed by atoms with Crippen LogP contribution in [0.15, 0.2) is 0 Å². The Labute approximate surface area is 107 Å². The molecule has 1 saturated heterocycles. The number of hydrogen-bond acceptors (Lipinski definition) is 3. The predicted molar refractivity (Wildman–Crippen MR) is 73.1 cm³/mol. The van der Waals surface area contributed by atoms with E-state index in [-0.39, 0.29) is 6.10 Å². The number of nitrogens with zero attached hydrogens (tertiary/aromatic N) is 1. The zero-order valence-electron chi connectivity index (χ0n) is 11.9. The van der Waals surface area contributed by atoms with Gasteiger partial charge < -0.3 is 15.3 Å². The molecule has 1 aliphatic heterocycles. The second-order valence-corrected chi connectivity index (χ2v) is 5.89. The van der Waals surface area contributed by atoms with Crippen molar-refractivity contribution < 1.29 is 5.11 Å². The van der Waals surface area contributed by atoms with Crippen LogP contribution in [0.3, 0.4) is 0 Å². The van der Waals surface area contributed by atoms with Gasteiger partial charge in [-0.05, 0) is 44.7 Å². The monoisotopic (exact) mass is 242 g/mol. The number of likely N-dealkylation sites (N-methyl/N-ethyl adjacent to an activating group) is 1. The van der Waals surface area contributed by atoms with Crippen LogP contribution < -0.4 is 5.32 Å². The van der Waals surface area contributed by atoms with Crippen molar-refractivity contribution in [3.8, 4) is 0 Å². The molecule has 1 rings (SSSR count). The number of piperidine rings is 1. The lowest BCUT2D eigenvalue weighted by molar-refractivity contribution is 0.0627. The van der Waals surface area contributed by atoms with Crippen molar-refractivity contribution in [3.63, 3.8) is 0 Å². The second kappa shape index (κ2) is 7.34. The van der Waals surface area contributed by atoms with E-state index in [1.807, 2.05) is 0 Å². The highest BCUT2D eigenvalue weighted by atomic mass is 16.3. The predicted octanol–water partition coefficient (Wildman–Crippen LogP) is 1.71. The van der Waals surface area contributed by atoms with E-state index in [1.54, 1.807) is 0 Å². The fourth-order valence-corrected chi connectivity index (χ4v) is 2.80. The highest BCUT2D eigenvalue weighted by Gasteiger charge is 2.27. The summed E-state index contributed by atoms with van der Waals surface area (Å²) in [5.41, 5.74) is 0. The fourth-order valence-electron chi connectivity index (χ4n) is 2.80. The number of aliphatic hydroxyl groups is 1. The van der Waals surface area contributed by atoms with E-state index < -0.39 is 0 Å². The Balaban J connectivity index is 2.47. The van der Waals surface area contributed by atoms with Crippen LogP contribution >= 0.6 is 0 Å². The smallest absolute Gasteiger partial charge is 0.0566 e. The highest BCUT2D eigenvalue weighted by Crippen LogP contribution is 2.23. The van der Waals surface area contributed by atoms with Gasteiger partial charge in [0.1, 0.15) is 0 Å². The van der Waals surface area contributed by atoms with Crippen molar-refractivity contribution in [1.82, 2.24) is 10.2 Å². The molecule has 1 fully saturated rings. The van der Waals surface area contributed by atoms with Gasteiger partial charge in [-0.2, -0.15) is 0 Å². The molecule has 3 atom stereocenters. The van der Waals surface area contributed by atoms with E-state index in [0.29, 0.717) is 17.9 Å². The fraction of sp³-hybridized carbons (Fsp3) is 1.00. The Hall–Kier alpha value is -0.120. The molecule has 0 saturated carbocycles. The molecule has 3 unspecified atom stereocenters. The lowest BCUT2D eigenvalue weighted by Crippen LogP contribution is -2.49. The molecule has 17 heavy (non-hydrogen) atoms. The van der Waals surface area contributed by atoms with E-state index in [2.05, 4.69) is 38.0 Å². The summed E-state index contributed by atoms with van der Waals surface area (Å²) in [4.78, 5) is 2.54. The molecule has 3 heteroatoms. The van der Waals surface area contributed by atoms with Crippen LogP contribution in [-0.4, -0.2) is 48.8 Å². The van der Waals surface area contributed by atoms with Gasteiger partial charge in [-0.15, -0.1) is 0 Å². The summed E-state index contributed by atoms with van der Waals surface area (Å²) in [6.07, 6.45) is 3.24. The molecule has 1 aliphatic rings. The Morgan fingerprint density at radius 3 is 2.59 bits per heavy atom. The van der Waals surface area contributed by atoms with Crippen LogP contribution in [-0.2, 0) is 0 Å². The zero-order chi connectivity index (χ0) is 12.8. The quantitative estimate of drug-likeness (QED) is 0.744. The van der Waals surface area contributed by atoms with Crippen LogP contribution in [0.1, 0.15) is 40.0 Å². The lowest BCUT2D eigenvalue weighted by Gasteiger charge is -2.38. The summed E-state index contributed by atoms with van der Waals surface area (Å²) >= 11 is 0. The molecular formula is C14H30N2O. The number of likely N-dealkylation sites (tertiary alicyclic amines) is 1. The minimum atomic E-state index is -0.140. The van der Waals surface area contributed by atoms with E-state index in [4.69, 9.17) is 0 Å². The average Bonchev–Trinajstić information content (AvgIpc) is 2.28. The lowest BCUT2D eigenvalue weighted by atomic mass is 9.87. The first-order valence-corrected chi connectivity index (χ1v) is 7.14. The Morgan fingerprint density at radius 1 is 1.35 bits per heavy atom. The van der Waals surface area contributed by atoms with Gasteiger partial charge in [0, 0.05) is 19.1 Å². The first-order chi connectivity index (χ1) is 8.06. The maximum atomic E-state index is 10.0. The van der Waals surface area contributed by atoms with Crippen molar-refractivity contribution in [3.05, 3.63) is 0 Å². The number of aliphatic hydroxyl groups excluding tert-OH is 1. The van der Waals surface area contributed by atoms with Crippen molar-refractivity contribution >= 4 is 0 Å². The molecule has 0 aromatic carbocycles. The maximum absolute atomic E-state index is 10.0. The molecule has 102 valence electrons. The van der Waals surface area contributed by atoms with Crippen molar-refractivity contribution in [2.24, 2.45) is 11.8 Å². The Bertz CT molecular complexity index is 208. The van der Waals surface area contributed by atoms with Crippen molar-refractivity contribution in [2.45, 2.75) is 52.2 Å². The summed E-state index contributed by atoms with van der Waals surface area (Å²) in [7, 11) is 2.05. The third-order valence-corrected chi connectivity index (χ3v) is 3.91. The van der Waals surface area contributed by atoms with Crippen LogP contribution in [0.25, 0.3) is 0 Å². The van der Waals surface area contributed by atoms with Crippen LogP contribution in [0.2, 0.25) is 0 Å². The van der Waals surface area contributed by atoms with Gasteiger partial charge in [-0.3, -0.25) is 0 Å². The van der Waals surface area contributed by atoms with Gasteiger partial charge in [0.15, 0.2) is 0 Å². The van der Waals surface area contributed by atoms with Gasteiger partial charge in [-0.1, -0.05) is 20.8 Å². The standard InChI is InChI=1S/C14H30N2O/c1-5-6-16-9-12(7-13(10-16)15-4)8-14(17)11(2)3/h11-15,17H,5-10H2,1-4H3. The molecular weight excluding hydrogens is 212 g/mol. The van der Waals surface area contributed by atoms with Gasteiger partial charge >= 0.3 is 0 Å². The Kier molecular flexibility index (Phi) is 6.45. The summed E-state index contributed by atoms with van der Waals surface area (Å²) in [5.74, 6) is 1.02. The van der Waals surface area contributed by atoms with Crippen molar-refractivity contribution in [2.75, 3.05) is 26.7 Å². The van der Waals surface area contributed by atoms with Crippen LogP contribution in [0.4, 0.5) is 0 Å². The summed E-state index contributed by atoms with van der Waals surface area (Å²) in [6.45, 7) is 9.96. The van der Waals surface area contributed by atoms with E-state index in [1.165, 1.54) is 25.9 Å². The third-order valence-electron chi connectivity index (χ3n) is 3.91. The van der Waals surface area contributed by atoms with E-state index in [0.717, 1.165) is 13.0 Å². The molecule has 0 spiro atoms. The average molecular weight is 242 g/mol. The van der Waals surface area contributed by atoms with Gasteiger partial charge in [-0.25, -0.2) is 0 Å². The number of nitrogens with one attached hydrogen (secondary N) is 1. The minimum Gasteiger partial charge on any atom is -0.393 e. The van der Waals surface area contributed by atoms with E-state index in [9.17, 15) is 5.11 Å². The molecule has 1 heterocycles. The summed E-state index contributed by atoms with van der Waals surface area (Å²) in [6, 6.07) is 0.597. The second-order valence-electron chi connectivity index (χ2n) is 5.89. The molecule has 3 nitrogen and oxygen atoms in total. The molecule has 2 N–H and O–H groups in total. The SMILES string of the molecule is CCCN1CC(CC(O)C(C)C)CC(NC)C1. The van der Waals surface area contributed by atoms with Gasteiger partial charge in [0.2, 0.25) is 0 Å². The molecule has 0 aromatic heterocycles. The molecule has 0 amide bonds. The number of hydrogen-bond donors (Lipinski definition) is 2. The highest BCUT2D eigenvalue weighted by molar-refractivity contribution is 4.84. The maximum Gasteiger partial charge on any atom is 0.0566 e. The normalized spacial score (nSPS) is 28.6. The van der Waals surface area contributed by atoms with Gasteiger partial charge in [0.05, 0.1) is 6.10 Å². The largest absolute Gasteiger partial charge is 0.393 e. The van der Waals surface area contributed by atoms with Crippen molar-refractivity contribution in [1.29, 1.82) is 0 Å². The number of rotatable bonds is 6. The molecule has 0 radical (unpaired) electrons. The zero-order valence-corrected chi connectivity index (χ0v) is 11.9. The van der Waals surface area contributed by atoms with Crippen LogP contribution in [0.5, 0.6) is 0 Å². The third kappa shape index (κ3) is 4.94.